The van der Waals surface area contributed by atoms with Crippen LogP contribution in [0.4, 0.5) is 18.9 Å². The van der Waals surface area contributed by atoms with Gasteiger partial charge in [0.15, 0.2) is 0 Å². The fourth-order valence-electron chi connectivity index (χ4n) is 1.78. The highest BCUT2D eigenvalue weighted by molar-refractivity contribution is 7.92. The molecule has 0 unspecified atom stereocenters. The number of ether oxygens (including phenoxy) is 1. The van der Waals surface area contributed by atoms with Crippen molar-refractivity contribution >= 4 is 27.3 Å². The SMILES string of the molecule is COc1cccc(NS(=O)(=O)c2cc(C(F)(F)F)ccc2Cl)c1. The van der Waals surface area contributed by atoms with E-state index in [0.29, 0.717) is 17.9 Å². The van der Waals surface area contributed by atoms with E-state index >= 15 is 0 Å². The van der Waals surface area contributed by atoms with Gasteiger partial charge in [-0.25, -0.2) is 8.42 Å². The first-order valence-electron chi connectivity index (χ1n) is 6.17. The summed E-state index contributed by atoms with van der Waals surface area (Å²) >= 11 is 5.74. The third kappa shape index (κ3) is 4.08. The lowest BCUT2D eigenvalue weighted by Gasteiger charge is -2.13. The van der Waals surface area contributed by atoms with Crippen LogP contribution in [0.1, 0.15) is 5.56 Å². The Kier molecular flexibility index (Phi) is 4.76. The van der Waals surface area contributed by atoms with Crippen molar-refractivity contribution in [2.75, 3.05) is 11.8 Å². The summed E-state index contributed by atoms with van der Waals surface area (Å²) in [4.78, 5) is -0.656. The zero-order chi connectivity index (χ0) is 17.3. The average Bonchev–Trinajstić information content (AvgIpc) is 2.46. The van der Waals surface area contributed by atoms with E-state index in [2.05, 4.69) is 4.72 Å². The minimum Gasteiger partial charge on any atom is -0.497 e. The lowest BCUT2D eigenvalue weighted by Crippen LogP contribution is -2.15. The number of halogens is 4. The number of alkyl halides is 3. The van der Waals surface area contributed by atoms with Gasteiger partial charge in [0.05, 0.1) is 23.4 Å². The molecule has 0 saturated heterocycles. The summed E-state index contributed by atoms with van der Waals surface area (Å²) in [6.07, 6.45) is -4.68. The summed E-state index contributed by atoms with van der Waals surface area (Å²) in [7, 11) is -2.89. The molecule has 9 heteroatoms. The van der Waals surface area contributed by atoms with Gasteiger partial charge in [0.25, 0.3) is 10.0 Å². The van der Waals surface area contributed by atoms with Crippen LogP contribution in [-0.2, 0) is 16.2 Å². The van der Waals surface area contributed by atoms with Gasteiger partial charge in [-0.15, -0.1) is 0 Å². The van der Waals surface area contributed by atoms with Crippen LogP contribution in [0.3, 0.4) is 0 Å². The van der Waals surface area contributed by atoms with Crippen molar-refractivity contribution in [1.82, 2.24) is 0 Å². The standard InChI is InChI=1S/C14H11ClF3NO3S/c1-22-11-4-2-3-10(8-11)19-23(20,21)13-7-9(14(16,17)18)5-6-12(13)15/h2-8,19H,1H3. The third-order valence-electron chi connectivity index (χ3n) is 2.87. The topological polar surface area (TPSA) is 55.4 Å². The number of anilines is 1. The van der Waals surface area contributed by atoms with Crippen molar-refractivity contribution in [3.8, 4) is 5.75 Å². The van der Waals surface area contributed by atoms with Crippen LogP contribution in [0.2, 0.25) is 5.02 Å². The zero-order valence-electron chi connectivity index (χ0n) is 11.7. The van der Waals surface area contributed by atoms with Gasteiger partial charge in [-0.05, 0) is 30.3 Å². The molecule has 0 aliphatic heterocycles. The molecule has 124 valence electrons. The molecule has 0 radical (unpaired) electrons. The monoisotopic (exact) mass is 365 g/mol. The summed E-state index contributed by atoms with van der Waals surface area (Å²) in [6, 6.07) is 8.04. The van der Waals surface area contributed by atoms with Crippen molar-refractivity contribution in [3.05, 3.63) is 53.1 Å². The van der Waals surface area contributed by atoms with E-state index in [9.17, 15) is 21.6 Å². The van der Waals surface area contributed by atoms with Gasteiger partial charge in [-0.1, -0.05) is 17.7 Å². The number of benzene rings is 2. The molecule has 0 spiro atoms. The Morgan fingerprint density at radius 2 is 1.83 bits per heavy atom. The molecule has 4 nitrogen and oxygen atoms in total. The maximum atomic E-state index is 12.7. The highest BCUT2D eigenvalue weighted by Gasteiger charge is 2.32. The van der Waals surface area contributed by atoms with Crippen LogP contribution >= 0.6 is 11.6 Å². The second-order valence-electron chi connectivity index (χ2n) is 4.48. The highest BCUT2D eigenvalue weighted by atomic mass is 35.5. The van der Waals surface area contributed by atoms with Gasteiger partial charge in [0.1, 0.15) is 10.6 Å². The van der Waals surface area contributed by atoms with Crippen molar-refractivity contribution in [2.45, 2.75) is 11.1 Å². The van der Waals surface area contributed by atoms with Crippen LogP contribution in [0.25, 0.3) is 0 Å². The van der Waals surface area contributed by atoms with Gasteiger partial charge in [-0.2, -0.15) is 13.2 Å². The predicted molar refractivity (Wildman–Crippen MR) is 80.3 cm³/mol. The van der Waals surface area contributed by atoms with Crippen LogP contribution < -0.4 is 9.46 Å². The van der Waals surface area contributed by atoms with Gasteiger partial charge in [-0.3, -0.25) is 4.72 Å². The fraction of sp³-hybridized carbons (Fsp3) is 0.143. The molecule has 0 amide bonds. The normalized spacial score (nSPS) is 12.0. The summed E-state index contributed by atoms with van der Waals surface area (Å²) < 4.78 is 69.9. The van der Waals surface area contributed by atoms with E-state index in [1.54, 1.807) is 6.07 Å². The molecule has 1 N–H and O–H groups in total. The highest BCUT2D eigenvalue weighted by Crippen LogP contribution is 2.34. The first kappa shape index (κ1) is 17.4. The molecule has 0 bridgehead atoms. The van der Waals surface area contributed by atoms with E-state index < -0.39 is 26.7 Å². The number of sulfonamides is 1. The molecule has 0 heterocycles. The first-order valence-corrected chi connectivity index (χ1v) is 8.03. The number of methoxy groups -OCH3 is 1. The number of nitrogens with one attached hydrogen (secondary N) is 1. The van der Waals surface area contributed by atoms with Gasteiger partial charge in [0.2, 0.25) is 0 Å². The fourth-order valence-corrected chi connectivity index (χ4v) is 3.36. The Balaban J connectivity index is 2.43. The van der Waals surface area contributed by atoms with Crippen LogP contribution in [0, 0.1) is 0 Å². The summed E-state index contributed by atoms with van der Waals surface area (Å²) in [5.41, 5.74) is -0.967. The molecule has 0 aromatic heterocycles. The van der Waals surface area contributed by atoms with E-state index in [1.165, 1.54) is 25.3 Å². The maximum absolute atomic E-state index is 12.7. The number of hydrogen-bond acceptors (Lipinski definition) is 3. The predicted octanol–water partition coefficient (Wildman–Crippen LogP) is 4.17. The third-order valence-corrected chi connectivity index (χ3v) is 4.73. The number of rotatable bonds is 4. The maximum Gasteiger partial charge on any atom is 0.416 e. The summed E-state index contributed by atoms with van der Waals surface area (Å²) in [5.74, 6) is 0.389. The molecular formula is C14H11ClF3NO3S. The van der Waals surface area contributed by atoms with E-state index in [-0.39, 0.29) is 10.7 Å². The summed E-state index contributed by atoms with van der Waals surface area (Å²) in [5, 5.41) is -0.312. The minimum absolute atomic E-state index is 0.137. The lowest BCUT2D eigenvalue weighted by molar-refractivity contribution is -0.137. The second-order valence-corrected chi connectivity index (χ2v) is 6.54. The quantitative estimate of drug-likeness (QED) is 0.884. The van der Waals surface area contributed by atoms with E-state index in [1.807, 2.05) is 0 Å². The molecule has 2 aromatic rings. The van der Waals surface area contributed by atoms with E-state index in [4.69, 9.17) is 16.3 Å². The van der Waals surface area contributed by atoms with E-state index in [0.717, 1.165) is 6.07 Å². The Hall–Kier alpha value is -1.93. The Morgan fingerprint density at radius 1 is 1.13 bits per heavy atom. The lowest BCUT2D eigenvalue weighted by atomic mass is 10.2. The van der Waals surface area contributed by atoms with Crippen molar-refractivity contribution in [1.29, 1.82) is 0 Å². The molecule has 0 aliphatic carbocycles. The molecular weight excluding hydrogens is 355 g/mol. The van der Waals surface area contributed by atoms with Crippen LogP contribution in [0.5, 0.6) is 5.75 Å². The molecule has 23 heavy (non-hydrogen) atoms. The second kappa shape index (κ2) is 6.29. The largest absolute Gasteiger partial charge is 0.497 e. The minimum atomic E-state index is -4.68. The number of hydrogen-bond donors (Lipinski definition) is 1. The molecule has 0 atom stereocenters. The van der Waals surface area contributed by atoms with Crippen molar-refractivity contribution in [3.63, 3.8) is 0 Å². The first-order chi connectivity index (χ1) is 10.6. The Labute approximate surface area is 135 Å². The van der Waals surface area contributed by atoms with Gasteiger partial charge < -0.3 is 4.74 Å². The summed E-state index contributed by atoms with van der Waals surface area (Å²) in [6.45, 7) is 0. The molecule has 2 aromatic carbocycles. The van der Waals surface area contributed by atoms with Crippen LogP contribution in [-0.4, -0.2) is 15.5 Å². The van der Waals surface area contributed by atoms with Crippen LogP contribution in [0.15, 0.2) is 47.4 Å². The van der Waals surface area contributed by atoms with Crippen molar-refractivity contribution in [2.24, 2.45) is 0 Å². The average molecular weight is 366 g/mol. The Bertz CT molecular complexity index is 822. The molecule has 0 saturated carbocycles. The molecule has 2 rings (SSSR count). The zero-order valence-corrected chi connectivity index (χ0v) is 13.3. The Morgan fingerprint density at radius 3 is 2.43 bits per heavy atom. The van der Waals surface area contributed by atoms with Crippen molar-refractivity contribution < 1.29 is 26.3 Å². The van der Waals surface area contributed by atoms with Gasteiger partial charge in [0, 0.05) is 6.07 Å². The molecule has 0 aliphatic rings. The smallest absolute Gasteiger partial charge is 0.416 e. The van der Waals surface area contributed by atoms with Gasteiger partial charge >= 0.3 is 6.18 Å². The molecule has 0 fully saturated rings.